The number of pyridine rings is 1. The van der Waals surface area contributed by atoms with E-state index in [4.69, 9.17) is 17.2 Å². The first kappa shape index (κ1) is 22.5. The number of hydrogen-bond acceptors (Lipinski definition) is 3. The molecule has 6 heteroatoms. The van der Waals surface area contributed by atoms with Crippen LogP contribution in [0.4, 0.5) is 0 Å². The van der Waals surface area contributed by atoms with Gasteiger partial charge in [-0.25, -0.2) is 0 Å². The number of nitrogens with one attached hydrogen (secondary N) is 1. The van der Waals surface area contributed by atoms with Gasteiger partial charge in [-0.05, 0) is 89.9 Å². The monoisotopic (exact) mass is 447 g/mol. The van der Waals surface area contributed by atoms with Gasteiger partial charge >= 0.3 is 0 Å². The standard InChI is InChI=1S/C26H33N5S/c1-18-19(2)31(21-12-7-6-8-13-21)20(3)23(18)25-24(22-14-9-10-15-27-22)28-26(32)30(25)17-11-16-29(4)5/h6-10,12-15,24-25H,11,16-17H2,1-5H3,(H,28,32). The molecule has 3 aromatic rings. The summed E-state index contributed by atoms with van der Waals surface area (Å²) >= 11 is 5.86. The van der Waals surface area contributed by atoms with Crippen LogP contribution in [-0.4, -0.2) is 51.6 Å². The second kappa shape index (κ2) is 9.43. The minimum absolute atomic E-state index is 0.0199. The molecule has 1 fully saturated rings. The molecular weight excluding hydrogens is 414 g/mol. The second-order valence-corrected chi connectivity index (χ2v) is 9.24. The largest absolute Gasteiger partial charge is 0.352 e. The zero-order chi connectivity index (χ0) is 22.8. The predicted octanol–water partition coefficient (Wildman–Crippen LogP) is 4.72. The Hall–Kier alpha value is -2.70. The molecule has 4 rings (SSSR count). The Morgan fingerprint density at radius 3 is 2.38 bits per heavy atom. The Balaban J connectivity index is 1.81. The fourth-order valence-electron chi connectivity index (χ4n) is 4.92. The fourth-order valence-corrected chi connectivity index (χ4v) is 5.26. The number of hydrogen-bond donors (Lipinski definition) is 1. The van der Waals surface area contributed by atoms with Crippen molar-refractivity contribution in [3.8, 4) is 5.69 Å². The summed E-state index contributed by atoms with van der Waals surface area (Å²) in [5.74, 6) is 0. The summed E-state index contributed by atoms with van der Waals surface area (Å²) in [7, 11) is 4.23. The molecule has 1 saturated heterocycles. The number of nitrogens with zero attached hydrogens (tertiary/aromatic N) is 4. The van der Waals surface area contributed by atoms with E-state index >= 15 is 0 Å². The average molecular weight is 448 g/mol. The number of aromatic nitrogens is 2. The van der Waals surface area contributed by atoms with Gasteiger partial charge in [-0.2, -0.15) is 0 Å². The van der Waals surface area contributed by atoms with Crippen LogP contribution in [0.3, 0.4) is 0 Å². The first-order valence-electron chi connectivity index (χ1n) is 11.3. The molecule has 0 bridgehead atoms. The van der Waals surface area contributed by atoms with Crippen molar-refractivity contribution in [1.29, 1.82) is 0 Å². The van der Waals surface area contributed by atoms with Gasteiger partial charge in [-0.3, -0.25) is 4.98 Å². The molecule has 0 spiro atoms. The Labute approximate surface area is 197 Å². The molecule has 168 valence electrons. The summed E-state index contributed by atoms with van der Waals surface area (Å²) in [5.41, 5.74) is 7.43. The van der Waals surface area contributed by atoms with Gasteiger partial charge in [0.15, 0.2) is 5.11 Å². The molecule has 2 unspecified atom stereocenters. The topological polar surface area (TPSA) is 36.3 Å². The Bertz CT molecular complexity index is 1070. The van der Waals surface area contributed by atoms with E-state index in [0.717, 1.165) is 30.3 Å². The predicted molar refractivity (Wildman–Crippen MR) is 135 cm³/mol. The van der Waals surface area contributed by atoms with Crippen LogP contribution in [0.25, 0.3) is 5.69 Å². The van der Waals surface area contributed by atoms with Gasteiger partial charge in [0.2, 0.25) is 0 Å². The van der Waals surface area contributed by atoms with Crippen molar-refractivity contribution >= 4 is 17.3 Å². The van der Waals surface area contributed by atoms with E-state index in [1.807, 2.05) is 12.3 Å². The van der Waals surface area contributed by atoms with E-state index in [1.165, 1.54) is 28.2 Å². The van der Waals surface area contributed by atoms with Crippen molar-refractivity contribution < 1.29 is 0 Å². The molecule has 0 aliphatic carbocycles. The highest BCUT2D eigenvalue weighted by Crippen LogP contribution is 2.43. The summed E-state index contributed by atoms with van der Waals surface area (Å²) in [6.07, 6.45) is 2.92. The Morgan fingerprint density at radius 2 is 1.72 bits per heavy atom. The van der Waals surface area contributed by atoms with Crippen molar-refractivity contribution in [1.82, 2.24) is 24.7 Å². The fraction of sp³-hybridized carbons (Fsp3) is 0.385. The molecule has 32 heavy (non-hydrogen) atoms. The maximum Gasteiger partial charge on any atom is 0.170 e. The molecule has 0 amide bonds. The van der Waals surface area contributed by atoms with Gasteiger partial charge in [-0.15, -0.1) is 0 Å². The maximum atomic E-state index is 5.86. The molecule has 5 nitrogen and oxygen atoms in total. The van der Waals surface area contributed by atoms with Crippen molar-refractivity contribution in [2.75, 3.05) is 27.2 Å². The lowest BCUT2D eigenvalue weighted by Gasteiger charge is -2.29. The number of benzene rings is 1. The van der Waals surface area contributed by atoms with Gasteiger partial charge in [0.1, 0.15) is 0 Å². The minimum Gasteiger partial charge on any atom is -0.352 e. The summed E-state index contributed by atoms with van der Waals surface area (Å²) in [5, 5.41) is 4.42. The van der Waals surface area contributed by atoms with E-state index in [0.29, 0.717) is 0 Å². The average Bonchev–Trinajstić information content (AvgIpc) is 3.22. The highest BCUT2D eigenvalue weighted by molar-refractivity contribution is 7.80. The lowest BCUT2D eigenvalue weighted by atomic mass is 9.93. The van der Waals surface area contributed by atoms with Gasteiger partial charge in [0.25, 0.3) is 0 Å². The molecular formula is C26H33N5S. The van der Waals surface area contributed by atoms with Crippen molar-refractivity contribution in [3.63, 3.8) is 0 Å². The Kier molecular flexibility index (Phi) is 6.63. The van der Waals surface area contributed by atoms with E-state index in [9.17, 15) is 0 Å². The molecule has 1 aromatic carbocycles. The number of thiocarbonyl (C=S) groups is 1. The Morgan fingerprint density at radius 1 is 1.00 bits per heavy atom. The molecule has 1 N–H and O–H groups in total. The third-order valence-corrected chi connectivity index (χ3v) is 6.87. The first-order chi connectivity index (χ1) is 15.4. The highest BCUT2D eigenvalue weighted by atomic mass is 32.1. The summed E-state index contributed by atoms with van der Waals surface area (Å²) in [6, 6.07) is 16.8. The van der Waals surface area contributed by atoms with E-state index in [-0.39, 0.29) is 12.1 Å². The van der Waals surface area contributed by atoms with Crippen molar-refractivity contribution in [2.24, 2.45) is 0 Å². The summed E-state index contributed by atoms with van der Waals surface area (Å²) in [4.78, 5) is 9.30. The third-order valence-electron chi connectivity index (χ3n) is 6.52. The normalized spacial score (nSPS) is 18.4. The minimum atomic E-state index is 0.0199. The van der Waals surface area contributed by atoms with Gasteiger partial charge < -0.3 is 19.7 Å². The molecule has 1 aliphatic rings. The molecule has 3 heterocycles. The van der Waals surface area contributed by atoms with E-state index in [2.05, 4.69) is 97.0 Å². The summed E-state index contributed by atoms with van der Waals surface area (Å²) < 4.78 is 2.37. The van der Waals surface area contributed by atoms with Crippen molar-refractivity contribution in [2.45, 2.75) is 39.3 Å². The van der Waals surface area contributed by atoms with Crippen LogP contribution in [0, 0.1) is 20.8 Å². The number of rotatable bonds is 7. The zero-order valence-corrected chi connectivity index (χ0v) is 20.5. The molecule has 0 radical (unpaired) electrons. The van der Waals surface area contributed by atoms with Gasteiger partial charge in [-0.1, -0.05) is 24.3 Å². The lowest BCUT2D eigenvalue weighted by Crippen LogP contribution is -2.32. The smallest absolute Gasteiger partial charge is 0.170 e. The third kappa shape index (κ3) is 4.17. The van der Waals surface area contributed by atoms with Crippen LogP contribution in [0.15, 0.2) is 54.7 Å². The van der Waals surface area contributed by atoms with Crippen LogP contribution >= 0.6 is 12.2 Å². The summed E-state index contributed by atoms with van der Waals surface area (Å²) in [6.45, 7) is 8.63. The van der Waals surface area contributed by atoms with E-state index < -0.39 is 0 Å². The van der Waals surface area contributed by atoms with Gasteiger partial charge in [0.05, 0.1) is 17.8 Å². The van der Waals surface area contributed by atoms with Crippen LogP contribution in [0.1, 0.15) is 46.7 Å². The second-order valence-electron chi connectivity index (χ2n) is 8.86. The van der Waals surface area contributed by atoms with Gasteiger partial charge in [0, 0.05) is 35.4 Å². The number of para-hydroxylation sites is 1. The van der Waals surface area contributed by atoms with E-state index in [1.54, 1.807) is 0 Å². The molecule has 2 atom stereocenters. The van der Waals surface area contributed by atoms with Crippen LogP contribution < -0.4 is 5.32 Å². The molecule has 2 aromatic heterocycles. The lowest BCUT2D eigenvalue weighted by molar-refractivity contribution is 0.291. The maximum absolute atomic E-state index is 5.86. The zero-order valence-electron chi connectivity index (χ0n) is 19.7. The van der Waals surface area contributed by atoms with Crippen LogP contribution in [0.5, 0.6) is 0 Å². The highest BCUT2D eigenvalue weighted by Gasteiger charge is 2.42. The van der Waals surface area contributed by atoms with Crippen LogP contribution in [-0.2, 0) is 0 Å². The van der Waals surface area contributed by atoms with Crippen molar-refractivity contribution in [3.05, 3.63) is 82.9 Å². The molecule has 1 aliphatic heterocycles. The quantitative estimate of drug-likeness (QED) is 0.530. The SMILES string of the molecule is Cc1c(C2C(c3ccccn3)NC(=S)N2CCCN(C)C)c(C)n(-c2ccccc2)c1C. The van der Waals surface area contributed by atoms with Crippen LogP contribution in [0.2, 0.25) is 0 Å². The molecule has 0 saturated carbocycles. The first-order valence-corrected chi connectivity index (χ1v) is 11.7.